The van der Waals surface area contributed by atoms with Crippen LogP contribution in [0.5, 0.6) is 11.5 Å². The Morgan fingerprint density at radius 1 is 1.47 bits per heavy atom. The first kappa shape index (κ1) is 13.8. The van der Waals surface area contributed by atoms with Crippen molar-refractivity contribution in [2.45, 2.75) is 6.92 Å². The summed E-state index contributed by atoms with van der Waals surface area (Å²) in [5, 5.41) is 11.5. The van der Waals surface area contributed by atoms with Crippen LogP contribution in [0.15, 0.2) is 29.9 Å². The minimum atomic E-state index is 0.420. The Morgan fingerprint density at radius 3 is 2.82 bits per heavy atom. The van der Waals surface area contributed by atoms with Gasteiger partial charge < -0.3 is 14.7 Å². The third-order valence-corrected chi connectivity index (χ3v) is 2.69. The van der Waals surface area contributed by atoms with Gasteiger partial charge in [-0.05, 0) is 41.6 Å². The van der Waals surface area contributed by atoms with Gasteiger partial charge in [-0.25, -0.2) is 0 Å². The number of rotatable bonds is 6. The highest BCUT2D eigenvalue weighted by molar-refractivity contribution is 14.1. The van der Waals surface area contributed by atoms with Crippen LogP contribution in [-0.4, -0.2) is 24.6 Å². The Kier molecular flexibility index (Phi) is 5.82. The van der Waals surface area contributed by atoms with Crippen molar-refractivity contribution in [1.29, 1.82) is 0 Å². The van der Waals surface area contributed by atoms with E-state index in [-0.39, 0.29) is 0 Å². The number of benzene rings is 1. The molecule has 0 fully saturated rings. The fourth-order valence-corrected chi connectivity index (χ4v) is 2.06. The highest BCUT2D eigenvalue weighted by atomic mass is 127. The van der Waals surface area contributed by atoms with Crippen LogP contribution >= 0.6 is 22.6 Å². The SMILES string of the molecule is C=CCOc1c(I)cc(C=NO)cc1OCC. The molecule has 0 amide bonds. The molecule has 0 unspecified atom stereocenters. The van der Waals surface area contributed by atoms with Crippen LogP contribution in [-0.2, 0) is 0 Å². The molecule has 1 rings (SSSR count). The van der Waals surface area contributed by atoms with Crippen LogP contribution in [0.3, 0.4) is 0 Å². The quantitative estimate of drug-likeness (QED) is 0.283. The smallest absolute Gasteiger partial charge is 0.174 e. The van der Waals surface area contributed by atoms with E-state index in [0.717, 1.165) is 9.13 Å². The lowest BCUT2D eigenvalue weighted by Crippen LogP contribution is -2.02. The van der Waals surface area contributed by atoms with Gasteiger partial charge in [-0.1, -0.05) is 17.8 Å². The van der Waals surface area contributed by atoms with Crippen LogP contribution < -0.4 is 9.47 Å². The van der Waals surface area contributed by atoms with Gasteiger partial charge in [-0.3, -0.25) is 0 Å². The second-order valence-electron chi connectivity index (χ2n) is 3.11. The Morgan fingerprint density at radius 2 is 2.24 bits per heavy atom. The number of hydrogen-bond donors (Lipinski definition) is 1. The van der Waals surface area contributed by atoms with E-state index >= 15 is 0 Å². The molecule has 0 bridgehead atoms. The molecule has 0 saturated carbocycles. The molecule has 0 radical (unpaired) electrons. The van der Waals surface area contributed by atoms with Crippen molar-refractivity contribution >= 4 is 28.8 Å². The first-order valence-corrected chi connectivity index (χ1v) is 6.18. The molecule has 0 saturated heterocycles. The zero-order valence-electron chi connectivity index (χ0n) is 9.52. The lowest BCUT2D eigenvalue weighted by Gasteiger charge is -2.13. The van der Waals surface area contributed by atoms with Gasteiger partial charge >= 0.3 is 0 Å². The number of oxime groups is 1. The second kappa shape index (κ2) is 7.16. The molecule has 0 heterocycles. The molecule has 17 heavy (non-hydrogen) atoms. The molecule has 1 aromatic rings. The number of ether oxygens (including phenoxy) is 2. The average Bonchev–Trinajstić information content (AvgIpc) is 2.29. The standard InChI is InChI=1S/C12H14INO3/c1-3-5-17-12-10(13)6-9(8-14-15)7-11(12)16-4-2/h3,6-8,15H,1,4-5H2,2H3. The van der Waals surface area contributed by atoms with Gasteiger partial charge in [0.2, 0.25) is 0 Å². The Labute approximate surface area is 114 Å². The van der Waals surface area contributed by atoms with E-state index in [1.54, 1.807) is 12.1 Å². The lowest BCUT2D eigenvalue weighted by molar-refractivity contribution is 0.295. The van der Waals surface area contributed by atoms with Gasteiger partial charge in [0.05, 0.1) is 16.4 Å². The van der Waals surface area contributed by atoms with Crippen LogP contribution in [0.1, 0.15) is 12.5 Å². The highest BCUT2D eigenvalue weighted by Gasteiger charge is 2.11. The van der Waals surface area contributed by atoms with E-state index in [0.29, 0.717) is 24.7 Å². The second-order valence-corrected chi connectivity index (χ2v) is 4.27. The summed E-state index contributed by atoms with van der Waals surface area (Å²) in [6.07, 6.45) is 3.02. The highest BCUT2D eigenvalue weighted by Crippen LogP contribution is 2.33. The van der Waals surface area contributed by atoms with Gasteiger partial charge in [-0.2, -0.15) is 0 Å². The average molecular weight is 347 g/mol. The summed E-state index contributed by atoms with van der Waals surface area (Å²) >= 11 is 2.15. The molecule has 4 nitrogen and oxygen atoms in total. The summed E-state index contributed by atoms with van der Waals surface area (Å²) in [7, 11) is 0. The van der Waals surface area contributed by atoms with Crippen LogP contribution in [0, 0.1) is 3.57 Å². The first-order valence-electron chi connectivity index (χ1n) is 5.10. The molecule has 0 spiro atoms. The molecular weight excluding hydrogens is 333 g/mol. The van der Waals surface area contributed by atoms with Crippen LogP contribution in [0.25, 0.3) is 0 Å². The first-order chi connectivity index (χ1) is 8.22. The van der Waals surface area contributed by atoms with E-state index in [2.05, 4.69) is 34.3 Å². The molecule has 0 aliphatic carbocycles. The molecule has 92 valence electrons. The van der Waals surface area contributed by atoms with Crippen LogP contribution in [0.4, 0.5) is 0 Å². The third kappa shape index (κ3) is 3.92. The van der Waals surface area contributed by atoms with Crippen molar-refractivity contribution in [1.82, 2.24) is 0 Å². The predicted molar refractivity (Wildman–Crippen MR) is 75.4 cm³/mol. The van der Waals surface area contributed by atoms with E-state index in [1.165, 1.54) is 6.21 Å². The maximum Gasteiger partial charge on any atom is 0.174 e. The van der Waals surface area contributed by atoms with Crippen molar-refractivity contribution in [3.8, 4) is 11.5 Å². The maximum atomic E-state index is 8.52. The summed E-state index contributed by atoms with van der Waals surface area (Å²) in [6, 6.07) is 3.62. The Bertz CT molecular complexity index is 418. The largest absolute Gasteiger partial charge is 0.490 e. The minimum absolute atomic E-state index is 0.420. The summed E-state index contributed by atoms with van der Waals surface area (Å²) in [4.78, 5) is 0. The molecule has 5 heteroatoms. The molecule has 0 atom stereocenters. The number of nitrogens with zero attached hydrogens (tertiary/aromatic N) is 1. The normalized spacial score (nSPS) is 10.5. The van der Waals surface area contributed by atoms with Crippen molar-refractivity contribution in [3.63, 3.8) is 0 Å². The van der Waals surface area contributed by atoms with Crippen molar-refractivity contribution < 1.29 is 14.7 Å². The third-order valence-electron chi connectivity index (χ3n) is 1.88. The summed E-state index contributed by atoms with van der Waals surface area (Å²) in [5.74, 6) is 1.32. The summed E-state index contributed by atoms with van der Waals surface area (Å²) < 4.78 is 11.9. The van der Waals surface area contributed by atoms with Crippen molar-refractivity contribution in [2.24, 2.45) is 5.16 Å². The van der Waals surface area contributed by atoms with Crippen LogP contribution in [0.2, 0.25) is 0 Å². The predicted octanol–water partition coefficient (Wildman–Crippen LogP) is 3.06. The molecule has 1 aromatic carbocycles. The zero-order valence-corrected chi connectivity index (χ0v) is 11.7. The van der Waals surface area contributed by atoms with E-state index in [9.17, 15) is 0 Å². The molecule has 0 aliphatic rings. The molecule has 1 N–H and O–H groups in total. The van der Waals surface area contributed by atoms with Gasteiger partial charge in [-0.15, -0.1) is 0 Å². The fraction of sp³-hybridized carbons (Fsp3) is 0.250. The number of hydrogen-bond acceptors (Lipinski definition) is 4. The van der Waals surface area contributed by atoms with Gasteiger partial charge in [0.1, 0.15) is 6.61 Å². The van der Waals surface area contributed by atoms with Gasteiger partial charge in [0, 0.05) is 5.56 Å². The maximum absolute atomic E-state index is 8.52. The molecular formula is C12H14INO3. The van der Waals surface area contributed by atoms with Gasteiger partial charge in [0.25, 0.3) is 0 Å². The zero-order chi connectivity index (χ0) is 12.7. The topological polar surface area (TPSA) is 51.0 Å². The molecule has 0 aromatic heterocycles. The minimum Gasteiger partial charge on any atom is -0.490 e. The van der Waals surface area contributed by atoms with E-state index < -0.39 is 0 Å². The molecule has 0 aliphatic heterocycles. The summed E-state index contributed by atoms with van der Waals surface area (Å²) in [6.45, 7) is 6.47. The lowest BCUT2D eigenvalue weighted by atomic mass is 10.2. The Hall–Kier alpha value is -1.24. The monoisotopic (exact) mass is 347 g/mol. The number of halogens is 1. The van der Waals surface area contributed by atoms with Gasteiger partial charge in [0.15, 0.2) is 11.5 Å². The van der Waals surface area contributed by atoms with Crippen molar-refractivity contribution in [2.75, 3.05) is 13.2 Å². The fourth-order valence-electron chi connectivity index (χ4n) is 1.27. The van der Waals surface area contributed by atoms with Crippen molar-refractivity contribution in [3.05, 3.63) is 33.9 Å². The summed E-state index contributed by atoms with van der Waals surface area (Å²) in [5.41, 5.74) is 0.756. The van der Waals surface area contributed by atoms with E-state index in [4.69, 9.17) is 14.7 Å². The Balaban J connectivity index is 3.12. The van der Waals surface area contributed by atoms with E-state index in [1.807, 2.05) is 13.0 Å².